The van der Waals surface area contributed by atoms with Gasteiger partial charge in [0, 0.05) is 11.3 Å². The zero-order valence-electron chi connectivity index (χ0n) is 10.8. The summed E-state index contributed by atoms with van der Waals surface area (Å²) in [5.41, 5.74) is -1.01. The predicted molar refractivity (Wildman–Crippen MR) is 68.8 cm³/mol. The fourth-order valence-electron chi connectivity index (χ4n) is 1.79. The summed E-state index contributed by atoms with van der Waals surface area (Å²) in [7, 11) is 0. The molecule has 112 valence electrons. The number of rotatable bonds is 4. The summed E-state index contributed by atoms with van der Waals surface area (Å²) >= 11 is 0.700. The summed E-state index contributed by atoms with van der Waals surface area (Å²) in [6.07, 6.45) is 0.839. The average Bonchev–Trinajstić information content (AvgIpc) is 2.93. The highest BCUT2D eigenvalue weighted by atomic mass is 32.1. The molecular weight excluding hydrogens is 311 g/mol. The third-order valence-electron chi connectivity index (χ3n) is 2.81. The van der Waals surface area contributed by atoms with Gasteiger partial charge in [-0.05, 0) is 18.6 Å². The number of hydrogen-bond acceptors (Lipinski definition) is 2. The van der Waals surface area contributed by atoms with Gasteiger partial charge >= 0.3 is 0 Å². The third kappa shape index (κ3) is 2.70. The molecule has 2 aromatic rings. The average molecular weight is 320 g/mol. The minimum atomic E-state index is -2.20. The first-order valence-corrected chi connectivity index (χ1v) is 6.85. The smallest absolute Gasteiger partial charge is 0.200 e. The molecule has 1 heterocycles. The topological polar surface area (TPSA) is 17.1 Å². The lowest BCUT2D eigenvalue weighted by molar-refractivity contribution is 0.0985. The molecule has 0 aliphatic carbocycles. The van der Waals surface area contributed by atoms with Crippen molar-refractivity contribution in [2.75, 3.05) is 0 Å². The van der Waals surface area contributed by atoms with Gasteiger partial charge in [-0.25, -0.2) is 22.0 Å². The van der Waals surface area contributed by atoms with E-state index in [4.69, 9.17) is 0 Å². The van der Waals surface area contributed by atoms with Gasteiger partial charge in [-0.15, -0.1) is 11.3 Å². The summed E-state index contributed by atoms with van der Waals surface area (Å²) in [4.78, 5) is 11.7. The number of thiophene rings is 1. The van der Waals surface area contributed by atoms with Crippen LogP contribution in [0.3, 0.4) is 0 Å². The molecule has 21 heavy (non-hydrogen) atoms. The molecule has 2 rings (SSSR count). The van der Waals surface area contributed by atoms with Gasteiger partial charge in [0.1, 0.15) is 0 Å². The van der Waals surface area contributed by atoms with Crippen LogP contribution in [0.5, 0.6) is 0 Å². The van der Waals surface area contributed by atoms with Gasteiger partial charge < -0.3 is 0 Å². The van der Waals surface area contributed by atoms with E-state index in [2.05, 4.69) is 0 Å². The van der Waals surface area contributed by atoms with E-state index in [-0.39, 0.29) is 22.0 Å². The molecule has 7 heteroatoms. The summed E-state index contributed by atoms with van der Waals surface area (Å²) < 4.78 is 66.6. The van der Waals surface area contributed by atoms with Crippen molar-refractivity contribution >= 4 is 17.1 Å². The van der Waals surface area contributed by atoms with Crippen LogP contribution in [0.15, 0.2) is 12.1 Å². The molecule has 0 N–H and O–H groups in total. The van der Waals surface area contributed by atoms with Crippen molar-refractivity contribution in [3.8, 4) is 10.4 Å². The van der Waals surface area contributed by atoms with E-state index in [9.17, 15) is 26.7 Å². The number of carbonyl (C=O) groups is 1. The lowest BCUT2D eigenvalue weighted by Gasteiger charge is -2.06. The zero-order chi connectivity index (χ0) is 15.7. The summed E-state index contributed by atoms with van der Waals surface area (Å²) in [6.45, 7) is 1.79. The monoisotopic (exact) mass is 320 g/mol. The Morgan fingerprint density at radius 2 is 1.48 bits per heavy atom. The first-order chi connectivity index (χ1) is 9.88. The van der Waals surface area contributed by atoms with Gasteiger partial charge in [0.05, 0.1) is 10.4 Å². The highest BCUT2D eigenvalue weighted by molar-refractivity contribution is 7.17. The Morgan fingerprint density at radius 3 is 2.00 bits per heavy atom. The minimum Gasteiger partial charge on any atom is -0.293 e. The SMILES string of the molecule is CCCC(=O)c1ccc(-c2c(F)c(F)c(F)c(F)c2F)s1. The fourth-order valence-corrected chi connectivity index (χ4v) is 2.80. The molecule has 1 aromatic carbocycles. The van der Waals surface area contributed by atoms with Crippen LogP contribution in [0, 0.1) is 29.1 Å². The molecule has 0 fully saturated rings. The normalized spacial score (nSPS) is 11.0. The number of hydrogen-bond donors (Lipinski definition) is 0. The molecule has 1 nitrogen and oxygen atoms in total. The predicted octanol–water partition coefficient (Wildman–Crippen LogP) is 5.09. The molecule has 0 saturated carbocycles. The van der Waals surface area contributed by atoms with Crippen LogP contribution < -0.4 is 0 Å². The van der Waals surface area contributed by atoms with Crippen LogP contribution in [0.2, 0.25) is 0 Å². The van der Waals surface area contributed by atoms with Crippen LogP contribution in [0.25, 0.3) is 10.4 Å². The Kier molecular flexibility index (Phi) is 4.41. The van der Waals surface area contributed by atoms with Crippen molar-refractivity contribution in [1.29, 1.82) is 0 Å². The second-order valence-corrected chi connectivity index (χ2v) is 5.37. The Hall–Kier alpha value is -1.76. The van der Waals surface area contributed by atoms with Gasteiger partial charge in [0.2, 0.25) is 5.82 Å². The van der Waals surface area contributed by atoms with Crippen LogP contribution in [0.1, 0.15) is 29.4 Å². The molecule has 0 radical (unpaired) electrons. The van der Waals surface area contributed by atoms with E-state index in [1.165, 1.54) is 12.1 Å². The molecule has 0 atom stereocenters. The highest BCUT2D eigenvalue weighted by Gasteiger charge is 2.27. The standard InChI is InChI=1S/C14H9F5OS/c1-2-3-6(20)7-4-5-8(21-7)9-10(15)12(17)14(19)13(18)11(9)16/h4-5H,2-3H2,1H3. The summed E-state index contributed by atoms with van der Waals surface area (Å²) in [5.74, 6) is -10.2. The highest BCUT2D eigenvalue weighted by Crippen LogP contribution is 2.36. The van der Waals surface area contributed by atoms with Crippen LogP contribution in [0.4, 0.5) is 22.0 Å². The number of ketones is 1. The van der Waals surface area contributed by atoms with Crippen LogP contribution in [-0.2, 0) is 0 Å². The second-order valence-electron chi connectivity index (χ2n) is 4.28. The molecule has 0 aliphatic rings. The van der Waals surface area contributed by atoms with Crippen molar-refractivity contribution in [2.45, 2.75) is 19.8 Å². The van der Waals surface area contributed by atoms with E-state index >= 15 is 0 Å². The van der Waals surface area contributed by atoms with Crippen molar-refractivity contribution in [2.24, 2.45) is 0 Å². The van der Waals surface area contributed by atoms with Crippen LogP contribution in [-0.4, -0.2) is 5.78 Å². The van der Waals surface area contributed by atoms with Crippen molar-refractivity contribution in [3.05, 3.63) is 46.1 Å². The maximum Gasteiger partial charge on any atom is 0.200 e. The molecule has 0 amide bonds. The largest absolute Gasteiger partial charge is 0.293 e. The van der Waals surface area contributed by atoms with Gasteiger partial charge in [0.15, 0.2) is 29.1 Å². The lowest BCUT2D eigenvalue weighted by atomic mass is 10.1. The number of halogens is 5. The van der Waals surface area contributed by atoms with Crippen LogP contribution >= 0.6 is 11.3 Å². The van der Waals surface area contributed by atoms with E-state index in [1.807, 2.05) is 0 Å². The van der Waals surface area contributed by atoms with Gasteiger partial charge in [-0.2, -0.15) is 0 Å². The number of benzene rings is 1. The maximum atomic E-state index is 13.6. The quantitative estimate of drug-likeness (QED) is 0.332. The number of Topliss-reactive ketones (excluding diaryl/α,β-unsaturated/α-hetero) is 1. The molecule has 0 unspecified atom stereocenters. The molecule has 1 aromatic heterocycles. The Labute approximate surface area is 121 Å². The van der Waals surface area contributed by atoms with Crippen molar-refractivity contribution in [3.63, 3.8) is 0 Å². The number of carbonyl (C=O) groups excluding carboxylic acids is 1. The Bertz CT molecular complexity index is 679. The molecule has 0 saturated heterocycles. The second kappa shape index (κ2) is 5.93. The summed E-state index contributed by atoms with van der Waals surface area (Å²) in [6, 6.07) is 2.49. The maximum absolute atomic E-state index is 13.6. The lowest BCUT2D eigenvalue weighted by Crippen LogP contribution is -2.03. The van der Waals surface area contributed by atoms with E-state index < -0.39 is 34.6 Å². The van der Waals surface area contributed by atoms with Gasteiger partial charge in [-0.3, -0.25) is 4.79 Å². The van der Waals surface area contributed by atoms with E-state index in [0.29, 0.717) is 17.8 Å². The minimum absolute atomic E-state index is 0.178. The van der Waals surface area contributed by atoms with E-state index in [1.54, 1.807) is 6.92 Å². The molecular formula is C14H9F5OS. The van der Waals surface area contributed by atoms with Gasteiger partial charge in [0.25, 0.3) is 0 Å². The third-order valence-corrected chi connectivity index (χ3v) is 3.96. The van der Waals surface area contributed by atoms with Crippen molar-refractivity contribution in [1.82, 2.24) is 0 Å². The Balaban J connectivity index is 2.56. The van der Waals surface area contributed by atoms with E-state index in [0.717, 1.165) is 0 Å². The molecule has 0 aliphatic heterocycles. The summed E-state index contributed by atoms with van der Waals surface area (Å²) in [5, 5.41) is 0. The zero-order valence-corrected chi connectivity index (χ0v) is 11.6. The Morgan fingerprint density at radius 1 is 0.952 bits per heavy atom. The molecule has 0 bridgehead atoms. The molecule has 0 spiro atoms. The van der Waals surface area contributed by atoms with Gasteiger partial charge in [-0.1, -0.05) is 6.92 Å². The first-order valence-electron chi connectivity index (χ1n) is 6.03. The first kappa shape index (κ1) is 15.6. The van der Waals surface area contributed by atoms with Crippen molar-refractivity contribution < 1.29 is 26.7 Å². The fraction of sp³-hybridized carbons (Fsp3) is 0.214.